The lowest BCUT2D eigenvalue weighted by atomic mass is 9.88. The number of benzene rings is 1. The molecule has 160 valence electrons. The zero-order valence-electron chi connectivity index (χ0n) is 16.7. The van der Waals surface area contributed by atoms with Crippen molar-refractivity contribution in [3.05, 3.63) is 58.9 Å². The smallest absolute Gasteiger partial charge is 0.255 e. The van der Waals surface area contributed by atoms with E-state index in [1.807, 2.05) is 34.9 Å². The minimum absolute atomic E-state index is 0.0210. The number of nitrogens with zero attached hydrogens (tertiary/aromatic N) is 3. The second-order valence-corrected chi connectivity index (χ2v) is 10.2. The van der Waals surface area contributed by atoms with Gasteiger partial charge in [0.25, 0.3) is 9.70 Å². The number of aromatic nitrogens is 1. The predicted octanol–water partition coefficient (Wildman–Crippen LogP) is 3.48. The number of hydrogen-bond donors (Lipinski definition) is 0. The van der Waals surface area contributed by atoms with Crippen LogP contribution in [0.3, 0.4) is 0 Å². The van der Waals surface area contributed by atoms with E-state index in [0.29, 0.717) is 37.6 Å². The number of ketones is 1. The van der Waals surface area contributed by atoms with Gasteiger partial charge in [0, 0.05) is 45.0 Å². The second-order valence-electron chi connectivity index (χ2n) is 7.92. The molecule has 2 aliphatic heterocycles. The summed E-state index contributed by atoms with van der Waals surface area (Å²) in [5.74, 6) is -0.545. The molecule has 0 N–H and O–H groups in total. The minimum Gasteiger partial charge on any atom is -0.377 e. The fourth-order valence-corrected chi connectivity index (χ4v) is 4.43. The van der Waals surface area contributed by atoms with Crippen LogP contribution < -0.4 is 0 Å². The quantitative estimate of drug-likeness (QED) is 0.507. The van der Waals surface area contributed by atoms with Gasteiger partial charge in [-0.05, 0) is 29.8 Å². The van der Waals surface area contributed by atoms with Gasteiger partial charge in [0.2, 0.25) is 5.78 Å². The van der Waals surface area contributed by atoms with E-state index in [4.69, 9.17) is 39.5 Å². The van der Waals surface area contributed by atoms with Gasteiger partial charge in [-0.2, -0.15) is 0 Å². The Morgan fingerprint density at radius 1 is 1.07 bits per heavy atom. The van der Waals surface area contributed by atoms with Crippen LogP contribution in [0.5, 0.6) is 0 Å². The first-order valence-corrected chi connectivity index (χ1v) is 10.7. The van der Waals surface area contributed by atoms with Crippen molar-refractivity contribution in [3.63, 3.8) is 0 Å². The molecule has 3 heterocycles. The van der Waals surface area contributed by atoms with Gasteiger partial charge < -0.3 is 14.2 Å². The van der Waals surface area contributed by atoms with Gasteiger partial charge in [-0.1, -0.05) is 46.9 Å². The molecule has 0 atom stereocenters. The van der Waals surface area contributed by atoms with Crippen LogP contribution in [-0.2, 0) is 23.4 Å². The number of Topliss-reactive ketones (excluding diaryl/α,β-unsaturated/α-hetero) is 1. The Morgan fingerprint density at radius 2 is 1.73 bits per heavy atom. The summed E-state index contributed by atoms with van der Waals surface area (Å²) in [5, 5.41) is 0. The summed E-state index contributed by atoms with van der Waals surface area (Å²) in [6.07, 6.45) is 0. The van der Waals surface area contributed by atoms with E-state index in [1.165, 1.54) is 0 Å². The molecule has 1 aromatic heterocycles. The van der Waals surface area contributed by atoms with Crippen LogP contribution in [0.4, 0.5) is 0 Å². The second kappa shape index (κ2) is 7.84. The maximum absolute atomic E-state index is 12.5. The highest BCUT2D eigenvalue weighted by Gasteiger charge is 2.50. The number of ether oxygens (including phenoxy) is 1. The van der Waals surface area contributed by atoms with Crippen molar-refractivity contribution in [2.45, 2.75) is 22.4 Å². The third kappa shape index (κ3) is 3.65. The highest BCUT2D eigenvalue weighted by atomic mass is 35.6. The first-order valence-electron chi connectivity index (χ1n) is 9.58. The van der Waals surface area contributed by atoms with Crippen LogP contribution in [0.1, 0.15) is 32.1 Å². The van der Waals surface area contributed by atoms with Gasteiger partial charge in [0.05, 0.1) is 18.9 Å². The third-order valence-corrected chi connectivity index (χ3v) is 6.32. The molecule has 0 aliphatic carbocycles. The molecular weight excluding hydrogens is 449 g/mol. The lowest BCUT2D eigenvalue weighted by molar-refractivity contribution is -0.162. The lowest BCUT2D eigenvalue weighted by Crippen LogP contribution is -2.63. The average Bonchev–Trinajstić information content (AvgIpc) is 3.09. The molecule has 4 rings (SSSR count). The van der Waals surface area contributed by atoms with Crippen LogP contribution in [0.15, 0.2) is 36.4 Å². The number of rotatable bonds is 4. The molecule has 9 heteroatoms. The number of alkyl halides is 3. The van der Waals surface area contributed by atoms with E-state index >= 15 is 0 Å². The van der Waals surface area contributed by atoms with Crippen LogP contribution in [0.25, 0.3) is 0 Å². The molecule has 1 amide bonds. The van der Waals surface area contributed by atoms with Crippen molar-refractivity contribution in [3.8, 4) is 0 Å². The summed E-state index contributed by atoms with van der Waals surface area (Å²) in [6, 6.07) is 11.3. The van der Waals surface area contributed by atoms with Crippen molar-refractivity contribution in [1.29, 1.82) is 0 Å². The topological polar surface area (TPSA) is 54.8 Å². The zero-order chi connectivity index (χ0) is 21.7. The number of amides is 1. The molecule has 1 fully saturated rings. The molecule has 1 saturated heterocycles. The van der Waals surface area contributed by atoms with Crippen molar-refractivity contribution < 1.29 is 14.3 Å². The molecule has 6 nitrogen and oxygen atoms in total. The number of carbonyl (C=O) groups is 2. The SMILES string of the molecule is CN(C)C(=O)c1ccc(CN2CCn3c(C(=O)C(Cl)(Cl)Cl)ccc3C23COC3)cc1. The Labute approximate surface area is 190 Å². The zero-order valence-corrected chi connectivity index (χ0v) is 19.0. The van der Waals surface area contributed by atoms with Crippen LogP contribution in [0.2, 0.25) is 0 Å². The average molecular weight is 471 g/mol. The van der Waals surface area contributed by atoms with E-state index in [1.54, 1.807) is 25.1 Å². The molecule has 0 unspecified atom stereocenters. The summed E-state index contributed by atoms with van der Waals surface area (Å²) < 4.78 is 5.55. The fourth-order valence-electron chi connectivity index (χ4n) is 4.14. The van der Waals surface area contributed by atoms with E-state index in [2.05, 4.69) is 4.90 Å². The van der Waals surface area contributed by atoms with E-state index in [0.717, 1.165) is 17.8 Å². The van der Waals surface area contributed by atoms with Crippen molar-refractivity contribution >= 4 is 46.5 Å². The van der Waals surface area contributed by atoms with Gasteiger partial charge in [0.15, 0.2) is 0 Å². The molecule has 0 saturated carbocycles. The highest BCUT2D eigenvalue weighted by Crippen LogP contribution is 2.42. The first kappa shape index (κ1) is 21.7. The molecule has 0 bridgehead atoms. The Hall–Kier alpha value is -1.57. The van der Waals surface area contributed by atoms with Gasteiger partial charge >= 0.3 is 0 Å². The molecular formula is C21H22Cl3N3O3. The Kier molecular flexibility index (Phi) is 5.66. The molecule has 0 radical (unpaired) electrons. The van der Waals surface area contributed by atoms with E-state index in [-0.39, 0.29) is 11.4 Å². The summed E-state index contributed by atoms with van der Waals surface area (Å²) in [5.41, 5.74) is 2.85. The predicted molar refractivity (Wildman–Crippen MR) is 116 cm³/mol. The summed E-state index contributed by atoms with van der Waals surface area (Å²) in [7, 11) is 3.47. The van der Waals surface area contributed by atoms with E-state index in [9.17, 15) is 9.59 Å². The first-order chi connectivity index (χ1) is 14.1. The van der Waals surface area contributed by atoms with Crippen molar-refractivity contribution in [1.82, 2.24) is 14.4 Å². The molecule has 30 heavy (non-hydrogen) atoms. The lowest BCUT2D eigenvalue weighted by Gasteiger charge is -2.53. The Morgan fingerprint density at radius 3 is 2.27 bits per heavy atom. The Balaban J connectivity index is 1.58. The van der Waals surface area contributed by atoms with Gasteiger partial charge in [-0.3, -0.25) is 14.5 Å². The van der Waals surface area contributed by atoms with Crippen LogP contribution >= 0.6 is 34.8 Å². The van der Waals surface area contributed by atoms with Gasteiger partial charge in [-0.15, -0.1) is 0 Å². The van der Waals surface area contributed by atoms with Gasteiger partial charge in [-0.25, -0.2) is 0 Å². The maximum atomic E-state index is 12.5. The van der Waals surface area contributed by atoms with Crippen LogP contribution in [0, 0.1) is 0 Å². The molecule has 1 aromatic carbocycles. The minimum atomic E-state index is -1.98. The maximum Gasteiger partial charge on any atom is 0.255 e. The molecule has 2 aromatic rings. The van der Waals surface area contributed by atoms with Crippen molar-refractivity contribution in [2.75, 3.05) is 33.9 Å². The normalized spacial score (nSPS) is 18.0. The number of halogens is 3. The largest absolute Gasteiger partial charge is 0.377 e. The standard InChI is InChI=1S/C21H22Cl3N3O3/c1-25(2)19(29)15-5-3-14(4-6-15)11-26-9-10-27-16(18(28)21(22,23)24)7-8-17(27)20(26)12-30-13-20/h3-8H,9-13H2,1-2H3. The van der Waals surface area contributed by atoms with Crippen LogP contribution in [-0.4, -0.2) is 63.7 Å². The summed E-state index contributed by atoms with van der Waals surface area (Å²) >= 11 is 17.5. The van der Waals surface area contributed by atoms with Gasteiger partial charge in [0.1, 0.15) is 5.54 Å². The number of carbonyl (C=O) groups excluding carboxylic acids is 2. The third-order valence-electron chi connectivity index (χ3n) is 5.81. The summed E-state index contributed by atoms with van der Waals surface area (Å²) in [4.78, 5) is 28.6. The fraction of sp³-hybridized carbons (Fsp3) is 0.429. The van der Waals surface area contributed by atoms with E-state index < -0.39 is 9.58 Å². The summed E-state index contributed by atoms with van der Waals surface area (Å²) in [6.45, 7) is 3.12. The monoisotopic (exact) mass is 469 g/mol. The number of hydrogen-bond acceptors (Lipinski definition) is 4. The highest BCUT2D eigenvalue weighted by molar-refractivity contribution is 6.77. The number of fused-ring (bicyclic) bond motifs is 2. The Bertz CT molecular complexity index is 976. The molecule has 1 spiro atoms. The molecule has 2 aliphatic rings. The van der Waals surface area contributed by atoms with Crippen molar-refractivity contribution in [2.24, 2.45) is 0 Å².